The number of nitrogens with zero attached hydrogens (tertiary/aromatic N) is 1. The van der Waals surface area contributed by atoms with Crippen LogP contribution in [0.4, 0.5) is 17.1 Å². The lowest BCUT2D eigenvalue weighted by molar-refractivity contribution is 0.0223. The predicted octanol–water partition coefficient (Wildman–Crippen LogP) is 8.08. The van der Waals surface area contributed by atoms with Gasteiger partial charge in [-0.25, -0.2) is 4.79 Å². The second-order valence-corrected chi connectivity index (χ2v) is 11.0. The molecule has 5 aromatic rings. The number of para-hydroxylation sites is 1. The van der Waals surface area contributed by atoms with E-state index in [-0.39, 0.29) is 5.78 Å². The molecule has 1 N–H and O–H groups in total. The SMILES string of the molecule is CCN(CC)c1ccc2c(c1)Oc1c(OC)cc(Nc3ccccc3C(=O)c3ccccc3)cc1C21OC(=O)c2ccccc21. The second kappa shape index (κ2) is 11.2. The van der Waals surface area contributed by atoms with Gasteiger partial charge in [0, 0.05) is 64.5 Å². The molecule has 0 bridgehead atoms. The Morgan fingerprint density at radius 2 is 1.56 bits per heavy atom. The number of esters is 1. The number of anilines is 3. The molecule has 0 aromatic heterocycles. The molecule has 2 aliphatic rings. The molecule has 0 saturated carbocycles. The van der Waals surface area contributed by atoms with Crippen LogP contribution in [0, 0.1) is 0 Å². The third-order valence-corrected chi connectivity index (χ3v) is 8.60. The lowest BCUT2D eigenvalue weighted by Gasteiger charge is -2.38. The number of ketones is 1. The first kappa shape index (κ1) is 28.2. The van der Waals surface area contributed by atoms with Crippen molar-refractivity contribution in [2.24, 2.45) is 0 Å². The van der Waals surface area contributed by atoms with E-state index < -0.39 is 11.6 Å². The van der Waals surface area contributed by atoms with Gasteiger partial charge in [0.1, 0.15) is 5.75 Å². The average molecular weight is 597 g/mol. The van der Waals surface area contributed by atoms with E-state index in [9.17, 15) is 9.59 Å². The van der Waals surface area contributed by atoms with E-state index >= 15 is 0 Å². The summed E-state index contributed by atoms with van der Waals surface area (Å²) >= 11 is 0. The molecule has 2 aliphatic heterocycles. The van der Waals surface area contributed by atoms with Crippen LogP contribution >= 0.6 is 0 Å². The largest absolute Gasteiger partial charge is 0.493 e. The van der Waals surface area contributed by atoms with Gasteiger partial charge in [-0.3, -0.25) is 4.79 Å². The number of nitrogens with one attached hydrogen (secondary N) is 1. The van der Waals surface area contributed by atoms with Crippen LogP contribution in [0.2, 0.25) is 0 Å². The number of methoxy groups -OCH3 is 1. The van der Waals surface area contributed by atoms with Gasteiger partial charge < -0.3 is 24.4 Å². The molecule has 224 valence electrons. The Balaban J connectivity index is 1.40. The average Bonchev–Trinajstić information content (AvgIpc) is 3.38. The number of rotatable bonds is 8. The third kappa shape index (κ3) is 4.51. The first-order chi connectivity index (χ1) is 22.0. The van der Waals surface area contributed by atoms with Crippen molar-refractivity contribution in [1.82, 2.24) is 0 Å². The Labute approximate surface area is 262 Å². The van der Waals surface area contributed by atoms with E-state index in [1.54, 1.807) is 31.4 Å². The highest BCUT2D eigenvalue weighted by Gasteiger charge is 2.54. The Morgan fingerprint density at radius 1 is 0.822 bits per heavy atom. The Hall–Kier alpha value is -5.56. The van der Waals surface area contributed by atoms with Crippen molar-refractivity contribution in [1.29, 1.82) is 0 Å². The molecule has 7 nitrogen and oxygen atoms in total. The minimum Gasteiger partial charge on any atom is -0.493 e. The molecule has 1 atom stereocenters. The Bertz CT molecular complexity index is 1950. The van der Waals surface area contributed by atoms with Gasteiger partial charge in [0.2, 0.25) is 0 Å². The van der Waals surface area contributed by atoms with E-state index in [2.05, 4.69) is 24.1 Å². The van der Waals surface area contributed by atoms with Crippen molar-refractivity contribution in [3.8, 4) is 17.2 Å². The van der Waals surface area contributed by atoms with Gasteiger partial charge in [0.05, 0.1) is 18.2 Å². The van der Waals surface area contributed by atoms with Gasteiger partial charge in [-0.15, -0.1) is 0 Å². The smallest absolute Gasteiger partial charge is 0.340 e. The number of hydrogen-bond acceptors (Lipinski definition) is 7. The van der Waals surface area contributed by atoms with E-state index in [1.807, 2.05) is 84.9 Å². The fourth-order valence-electron chi connectivity index (χ4n) is 6.43. The zero-order valence-corrected chi connectivity index (χ0v) is 25.3. The zero-order valence-electron chi connectivity index (χ0n) is 25.3. The summed E-state index contributed by atoms with van der Waals surface area (Å²) in [4.78, 5) is 29.2. The van der Waals surface area contributed by atoms with Crippen molar-refractivity contribution in [2.45, 2.75) is 19.4 Å². The number of carbonyl (C=O) groups is 2. The predicted molar refractivity (Wildman–Crippen MR) is 174 cm³/mol. The van der Waals surface area contributed by atoms with Crippen molar-refractivity contribution in [3.63, 3.8) is 0 Å². The standard InChI is InChI=1S/C38H32N2O5/c1-4-40(5-2)26-19-20-30-33(23-26)44-36-31(38(30)29-17-11-9-15-27(29)37(42)45-38)21-25(22-34(36)43-3)39-32-18-12-10-16-28(32)35(41)24-13-7-6-8-14-24/h6-23,39H,4-5H2,1-3H3. The molecule has 5 aromatic carbocycles. The minimum absolute atomic E-state index is 0.0972. The Morgan fingerprint density at radius 3 is 2.33 bits per heavy atom. The number of ether oxygens (including phenoxy) is 3. The van der Waals surface area contributed by atoms with E-state index in [0.29, 0.717) is 50.9 Å². The summed E-state index contributed by atoms with van der Waals surface area (Å²) in [6.07, 6.45) is 0. The summed E-state index contributed by atoms with van der Waals surface area (Å²) in [7, 11) is 1.58. The maximum absolute atomic E-state index is 13.5. The Kier molecular flexibility index (Phi) is 7.01. The fraction of sp³-hybridized carbons (Fsp3) is 0.158. The van der Waals surface area contributed by atoms with Gasteiger partial charge >= 0.3 is 5.97 Å². The van der Waals surface area contributed by atoms with E-state index in [1.165, 1.54) is 0 Å². The minimum atomic E-state index is -1.28. The van der Waals surface area contributed by atoms with Crippen molar-refractivity contribution in [2.75, 3.05) is 30.4 Å². The highest BCUT2D eigenvalue weighted by atomic mass is 16.6. The zero-order chi connectivity index (χ0) is 31.1. The summed E-state index contributed by atoms with van der Waals surface area (Å²) < 4.78 is 18.9. The summed E-state index contributed by atoms with van der Waals surface area (Å²) in [5.74, 6) is 1.01. The molecule has 0 aliphatic carbocycles. The number of hydrogen-bond donors (Lipinski definition) is 1. The van der Waals surface area contributed by atoms with E-state index in [4.69, 9.17) is 14.2 Å². The van der Waals surface area contributed by atoms with Gasteiger partial charge in [-0.05, 0) is 50.2 Å². The first-order valence-corrected chi connectivity index (χ1v) is 15.1. The van der Waals surface area contributed by atoms with Crippen LogP contribution in [0.5, 0.6) is 17.2 Å². The summed E-state index contributed by atoms with van der Waals surface area (Å²) in [6, 6.07) is 33.8. The van der Waals surface area contributed by atoms with Crippen LogP contribution in [0.15, 0.2) is 109 Å². The lowest BCUT2D eigenvalue weighted by Crippen LogP contribution is -2.33. The van der Waals surface area contributed by atoms with Crippen LogP contribution in [0.25, 0.3) is 0 Å². The van der Waals surface area contributed by atoms with Crippen LogP contribution < -0.4 is 19.7 Å². The number of carbonyl (C=O) groups excluding carboxylic acids is 2. The summed E-state index contributed by atoms with van der Waals surface area (Å²) in [5, 5.41) is 3.45. The molecule has 7 heteroatoms. The molecule has 1 unspecified atom stereocenters. The molecule has 0 fully saturated rings. The van der Waals surface area contributed by atoms with Crippen molar-refractivity contribution >= 4 is 28.8 Å². The van der Waals surface area contributed by atoms with Crippen LogP contribution in [0.1, 0.15) is 56.8 Å². The van der Waals surface area contributed by atoms with Gasteiger partial charge in [0.15, 0.2) is 22.9 Å². The highest BCUT2D eigenvalue weighted by molar-refractivity contribution is 6.12. The second-order valence-electron chi connectivity index (χ2n) is 11.0. The maximum Gasteiger partial charge on any atom is 0.340 e. The molecule has 0 radical (unpaired) electrons. The first-order valence-electron chi connectivity index (χ1n) is 15.1. The summed E-state index contributed by atoms with van der Waals surface area (Å²) in [6.45, 7) is 5.89. The molecule has 45 heavy (non-hydrogen) atoms. The molecule has 2 heterocycles. The monoisotopic (exact) mass is 596 g/mol. The molecule has 7 rings (SSSR count). The fourth-order valence-corrected chi connectivity index (χ4v) is 6.43. The maximum atomic E-state index is 13.5. The van der Waals surface area contributed by atoms with Crippen LogP contribution in [-0.2, 0) is 10.3 Å². The van der Waals surface area contributed by atoms with Gasteiger partial charge in [-0.1, -0.05) is 60.7 Å². The highest BCUT2D eigenvalue weighted by Crippen LogP contribution is 2.59. The quantitative estimate of drug-likeness (QED) is 0.143. The third-order valence-electron chi connectivity index (χ3n) is 8.60. The number of fused-ring (bicyclic) bond motifs is 6. The topological polar surface area (TPSA) is 77.1 Å². The number of benzene rings is 5. The molecule has 0 saturated heterocycles. The van der Waals surface area contributed by atoms with Crippen LogP contribution in [0.3, 0.4) is 0 Å². The van der Waals surface area contributed by atoms with Crippen molar-refractivity contribution < 1.29 is 23.8 Å². The normalized spacial score (nSPS) is 15.8. The molecular weight excluding hydrogens is 564 g/mol. The van der Waals surface area contributed by atoms with Gasteiger partial charge in [0.25, 0.3) is 0 Å². The van der Waals surface area contributed by atoms with Crippen LogP contribution in [-0.4, -0.2) is 32.0 Å². The molecule has 1 spiro atoms. The van der Waals surface area contributed by atoms with E-state index in [0.717, 1.165) is 29.9 Å². The summed E-state index contributed by atoms with van der Waals surface area (Å²) in [5.41, 5.74) is 4.71. The molecule has 0 amide bonds. The van der Waals surface area contributed by atoms with Gasteiger partial charge in [-0.2, -0.15) is 0 Å². The lowest BCUT2D eigenvalue weighted by atomic mass is 9.77. The van der Waals surface area contributed by atoms with Crippen molar-refractivity contribution in [3.05, 3.63) is 143 Å². The molecular formula is C38H32N2O5.